The highest BCUT2D eigenvalue weighted by Gasteiger charge is 2.10. The number of carbonyl (C=O) groups is 1. The van der Waals surface area contributed by atoms with Crippen molar-refractivity contribution in [3.63, 3.8) is 0 Å². The molecule has 6 nitrogen and oxygen atoms in total. The van der Waals surface area contributed by atoms with Crippen molar-refractivity contribution in [3.8, 4) is 17.2 Å². The van der Waals surface area contributed by atoms with Crippen molar-refractivity contribution in [3.05, 3.63) is 58.6 Å². The summed E-state index contributed by atoms with van der Waals surface area (Å²) in [4.78, 5) is 16.9. The van der Waals surface area contributed by atoms with Gasteiger partial charge in [0.25, 0.3) is 0 Å². The summed E-state index contributed by atoms with van der Waals surface area (Å²) >= 11 is 3.16. The van der Waals surface area contributed by atoms with Crippen LogP contribution in [0.4, 0.5) is 5.69 Å². The molecule has 0 radical (unpaired) electrons. The predicted molar refractivity (Wildman–Crippen MR) is 121 cm³/mol. The molecule has 0 atom stereocenters. The molecular formula is C22H24N2O4S2. The Kier molecular flexibility index (Phi) is 7.59. The zero-order valence-corrected chi connectivity index (χ0v) is 19.0. The molecule has 0 aliphatic carbocycles. The highest BCUT2D eigenvalue weighted by atomic mass is 32.2. The number of benzene rings is 2. The van der Waals surface area contributed by atoms with E-state index in [2.05, 4.69) is 10.3 Å². The van der Waals surface area contributed by atoms with E-state index in [1.54, 1.807) is 33.1 Å². The van der Waals surface area contributed by atoms with Gasteiger partial charge in [0.15, 0.2) is 0 Å². The quantitative estimate of drug-likeness (QED) is 0.471. The first kappa shape index (κ1) is 22.0. The van der Waals surface area contributed by atoms with E-state index >= 15 is 0 Å². The summed E-state index contributed by atoms with van der Waals surface area (Å²) in [7, 11) is 4.90. The highest BCUT2D eigenvalue weighted by Crippen LogP contribution is 2.30. The van der Waals surface area contributed by atoms with Gasteiger partial charge in [-0.15, -0.1) is 11.3 Å². The number of nitrogens with zero attached hydrogens (tertiary/aromatic N) is 1. The number of hydrogen-bond acceptors (Lipinski definition) is 7. The van der Waals surface area contributed by atoms with Crippen LogP contribution in [0.1, 0.15) is 16.8 Å². The van der Waals surface area contributed by atoms with Gasteiger partial charge in [0.1, 0.15) is 21.6 Å². The Morgan fingerprint density at radius 3 is 2.43 bits per heavy atom. The van der Waals surface area contributed by atoms with Gasteiger partial charge in [0.05, 0.1) is 33.4 Å². The fourth-order valence-electron chi connectivity index (χ4n) is 2.86. The Labute approximate surface area is 184 Å². The van der Waals surface area contributed by atoms with E-state index < -0.39 is 0 Å². The number of aromatic nitrogens is 1. The third-order valence-electron chi connectivity index (χ3n) is 4.32. The highest BCUT2D eigenvalue weighted by molar-refractivity contribution is 8.00. The minimum Gasteiger partial charge on any atom is -0.497 e. The molecule has 1 aromatic heterocycles. The van der Waals surface area contributed by atoms with E-state index in [9.17, 15) is 4.79 Å². The number of hydrogen-bond donors (Lipinski definition) is 1. The van der Waals surface area contributed by atoms with Gasteiger partial charge in [0.2, 0.25) is 5.91 Å². The van der Waals surface area contributed by atoms with Gasteiger partial charge >= 0.3 is 0 Å². The van der Waals surface area contributed by atoms with Crippen LogP contribution in [-0.2, 0) is 17.0 Å². The molecule has 1 amide bonds. The van der Waals surface area contributed by atoms with Crippen molar-refractivity contribution in [1.29, 1.82) is 0 Å². The van der Waals surface area contributed by atoms with Crippen molar-refractivity contribution >= 4 is 34.7 Å². The van der Waals surface area contributed by atoms with Crippen molar-refractivity contribution < 1.29 is 19.0 Å². The van der Waals surface area contributed by atoms with Crippen LogP contribution in [0.5, 0.6) is 17.2 Å². The average molecular weight is 445 g/mol. The molecule has 0 spiro atoms. The summed E-state index contributed by atoms with van der Waals surface area (Å²) in [6.07, 6.45) is 0.231. The molecule has 0 bridgehead atoms. The third-order valence-corrected chi connectivity index (χ3v) is 6.47. The molecule has 0 aliphatic heterocycles. The normalized spacial score (nSPS) is 10.5. The number of methoxy groups -OCH3 is 3. The van der Waals surface area contributed by atoms with Crippen LogP contribution in [-0.4, -0.2) is 32.2 Å². The van der Waals surface area contributed by atoms with E-state index in [4.69, 9.17) is 14.2 Å². The predicted octanol–water partition coefficient (Wildman–Crippen LogP) is 4.95. The number of aryl methyl sites for hydroxylation is 1. The van der Waals surface area contributed by atoms with Crippen molar-refractivity contribution in [1.82, 2.24) is 4.98 Å². The molecule has 0 unspecified atom stereocenters. The summed E-state index contributed by atoms with van der Waals surface area (Å²) in [5.41, 5.74) is 3.56. The maximum atomic E-state index is 12.4. The molecule has 0 saturated heterocycles. The molecule has 3 rings (SSSR count). The van der Waals surface area contributed by atoms with Crippen molar-refractivity contribution in [2.75, 3.05) is 26.6 Å². The van der Waals surface area contributed by atoms with Crippen LogP contribution in [0.3, 0.4) is 0 Å². The van der Waals surface area contributed by atoms with E-state index in [0.717, 1.165) is 49.8 Å². The minimum atomic E-state index is -0.0982. The van der Waals surface area contributed by atoms with Crippen molar-refractivity contribution in [2.45, 2.75) is 23.4 Å². The number of thiazole rings is 1. The first-order chi connectivity index (χ1) is 14.5. The van der Waals surface area contributed by atoms with Crippen LogP contribution in [0.25, 0.3) is 0 Å². The van der Waals surface area contributed by atoms with Crippen LogP contribution in [0, 0.1) is 6.92 Å². The summed E-state index contributed by atoms with van der Waals surface area (Å²) in [6, 6.07) is 11.4. The van der Waals surface area contributed by atoms with Gasteiger partial charge < -0.3 is 19.5 Å². The van der Waals surface area contributed by atoms with Crippen molar-refractivity contribution in [2.24, 2.45) is 0 Å². The first-order valence-corrected chi connectivity index (χ1v) is 11.1. The van der Waals surface area contributed by atoms with E-state index in [1.165, 1.54) is 11.3 Å². The molecule has 30 heavy (non-hydrogen) atoms. The molecule has 2 aromatic carbocycles. The molecular weight excluding hydrogens is 420 g/mol. The second-order valence-electron chi connectivity index (χ2n) is 6.52. The van der Waals surface area contributed by atoms with Gasteiger partial charge in [-0.25, -0.2) is 4.98 Å². The van der Waals surface area contributed by atoms with Gasteiger partial charge in [-0.05, 0) is 48.4 Å². The Hall–Kier alpha value is -2.71. The Morgan fingerprint density at radius 2 is 1.80 bits per heavy atom. The van der Waals surface area contributed by atoms with Gasteiger partial charge in [-0.3, -0.25) is 4.79 Å². The maximum absolute atomic E-state index is 12.4. The molecule has 0 aliphatic rings. The fraction of sp³-hybridized carbons (Fsp3) is 0.273. The lowest BCUT2D eigenvalue weighted by Crippen LogP contribution is -2.14. The Balaban J connectivity index is 1.56. The molecule has 158 valence electrons. The van der Waals surface area contributed by atoms with E-state index in [-0.39, 0.29) is 12.3 Å². The number of thioether (sulfide) groups is 1. The van der Waals surface area contributed by atoms with Crippen LogP contribution in [0.15, 0.2) is 46.1 Å². The minimum absolute atomic E-state index is 0.0982. The number of anilines is 1. The summed E-state index contributed by atoms with van der Waals surface area (Å²) in [5, 5.41) is 4.83. The van der Waals surface area contributed by atoms with Gasteiger partial charge in [0, 0.05) is 22.9 Å². The number of carbonyl (C=O) groups excluding carboxylic acids is 1. The summed E-state index contributed by atoms with van der Waals surface area (Å²) in [6.45, 7) is 1.94. The first-order valence-electron chi connectivity index (χ1n) is 9.24. The molecule has 0 fully saturated rings. The summed E-state index contributed by atoms with van der Waals surface area (Å²) in [5.74, 6) is 2.95. The molecule has 3 aromatic rings. The number of rotatable bonds is 9. The fourth-order valence-corrected chi connectivity index (χ4v) is 4.63. The number of amides is 1. The number of ether oxygens (including phenoxy) is 3. The zero-order valence-electron chi connectivity index (χ0n) is 17.4. The summed E-state index contributed by atoms with van der Waals surface area (Å²) < 4.78 is 16.8. The third kappa shape index (κ3) is 5.90. The zero-order chi connectivity index (χ0) is 21.5. The lowest BCUT2D eigenvalue weighted by Gasteiger charge is -2.08. The molecule has 8 heteroatoms. The average Bonchev–Trinajstić information content (AvgIpc) is 3.19. The molecule has 0 saturated carbocycles. The van der Waals surface area contributed by atoms with E-state index in [1.807, 2.05) is 48.7 Å². The second kappa shape index (κ2) is 10.4. The SMILES string of the molecule is COc1cc(CSc2nc(CC(=O)Nc3ccc(OC)c(C)c3)cs2)cc(OC)c1. The lowest BCUT2D eigenvalue weighted by molar-refractivity contribution is -0.115. The molecule has 1 heterocycles. The maximum Gasteiger partial charge on any atom is 0.230 e. The lowest BCUT2D eigenvalue weighted by atomic mass is 10.2. The Bertz CT molecular complexity index is 998. The van der Waals surface area contributed by atoms with Crippen LogP contribution >= 0.6 is 23.1 Å². The topological polar surface area (TPSA) is 69.7 Å². The van der Waals surface area contributed by atoms with E-state index in [0.29, 0.717) is 0 Å². The van der Waals surface area contributed by atoms with Gasteiger partial charge in [-0.2, -0.15) is 0 Å². The van der Waals surface area contributed by atoms with Gasteiger partial charge in [-0.1, -0.05) is 11.8 Å². The molecule has 1 N–H and O–H groups in total. The number of nitrogens with one attached hydrogen (secondary N) is 1. The largest absolute Gasteiger partial charge is 0.497 e. The second-order valence-corrected chi connectivity index (χ2v) is 8.60. The smallest absolute Gasteiger partial charge is 0.230 e. The standard InChI is InChI=1S/C22H24N2O4S2/c1-14-7-16(5-6-20(14)28-4)23-21(25)10-17-13-30-22(24-17)29-12-15-8-18(26-2)11-19(9-15)27-3/h5-9,11,13H,10,12H2,1-4H3,(H,23,25). The monoisotopic (exact) mass is 444 g/mol. The van der Waals surface area contributed by atoms with Crippen LogP contribution < -0.4 is 19.5 Å². The Morgan fingerprint density at radius 1 is 1.07 bits per heavy atom. The van der Waals surface area contributed by atoms with Crippen LogP contribution in [0.2, 0.25) is 0 Å².